The fourth-order valence-electron chi connectivity index (χ4n) is 8.70. The molecule has 0 aliphatic rings. The molecule has 0 aliphatic carbocycles. The van der Waals surface area contributed by atoms with Crippen molar-refractivity contribution in [1.29, 1.82) is 5.26 Å². The molecule has 10 aromatic rings. The van der Waals surface area contributed by atoms with Crippen LogP contribution in [0.15, 0.2) is 164 Å². The Balaban J connectivity index is 1.35. The van der Waals surface area contributed by atoms with Gasteiger partial charge in [-0.1, -0.05) is 151 Å². The Labute approximate surface area is 350 Å². The molecule has 3 aromatic heterocycles. The lowest BCUT2D eigenvalue weighted by molar-refractivity contribution is 0.591. The van der Waals surface area contributed by atoms with Gasteiger partial charge in [0, 0.05) is 38.2 Å². The third kappa shape index (κ3) is 6.15. The van der Waals surface area contributed by atoms with Crippen LogP contribution in [0.25, 0.3) is 88.9 Å². The first-order valence-electron chi connectivity index (χ1n) is 20.6. The number of para-hydroxylation sites is 2. The van der Waals surface area contributed by atoms with Gasteiger partial charge in [-0.2, -0.15) is 5.26 Å². The van der Waals surface area contributed by atoms with Gasteiger partial charge in [-0.25, -0.2) is 9.97 Å². The van der Waals surface area contributed by atoms with Crippen LogP contribution in [-0.4, -0.2) is 19.1 Å². The zero-order valence-corrected chi connectivity index (χ0v) is 34.8. The second-order valence-electron chi connectivity index (χ2n) is 17.9. The number of rotatable bonds is 5. The number of fused-ring (bicyclic) bond motifs is 6. The van der Waals surface area contributed by atoms with Gasteiger partial charge in [0.15, 0.2) is 5.82 Å². The predicted molar refractivity (Wildman–Crippen MR) is 249 cm³/mol. The highest BCUT2D eigenvalue weighted by molar-refractivity contribution is 6.11. The van der Waals surface area contributed by atoms with Crippen LogP contribution in [0.5, 0.6) is 0 Å². The molecule has 10 rings (SSSR count). The minimum atomic E-state index is -0.0346. The summed E-state index contributed by atoms with van der Waals surface area (Å²) in [5.41, 5.74) is 13.3. The summed E-state index contributed by atoms with van der Waals surface area (Å²) >= 11 is 0. The van der Waals surface area contributed by atoms with Gasteiger partial charge in [-0.3, -0.25) is 0 Å². The molecule has 290 valence electrons. The maximum absolute atomic E-state index is 11.2. The number of aromatic nitrogens is 4. The number of nitrogens with zero attached hydrogens (tertiary/aromatic N) is 5. The largest absolute Gasteiger partial charge is 0.308 e. The summed E-state index contributed by atoms with van der Waals surface area (Å²) in [5.74, 6) is 0.544. The zero-order chi connectivity index (χ0) is 41.3. The Kier molecular flexibility index (Phi) is 8.59. The van der Waals surface area contributed by atoms with Crippen molar-refractivity contribution in [1.82, 2.24) is 19.1 Å². The van der Waals surface area contributed by atoms with Gasteiger partial charge >= 0.3 is 0 Å². The lowest BCUT2D eigenvalue weighted by Gasteiger charge is -2.21. The van der Waals surface area contributed by atoms with Crippen LogP contribution in [-0.2, 0) is 10.8 Å². The first kappa shape index (κ1) is 37.0. The van der Waals surface area contributed by atoms with Gasteiger partial charge in [0.1, 0.15) is 6.07 Å². The molecule has 0 fully saturated rings. The monoisotopic (exact) mass is 775 g/mol. The van der Waals surface area contributed by atoms with Crippen LogP contribution in [0.1, 0.15) is 58.2 Å². The molecule has 5 heteroatoms. The summed E-state index contributed by atoms with van der Waals surface area (Å²) in [7, 11) is 0. The molecule has 0 N–H and O–H groups in total. The third-order valence-corrected chi connectivity index (χ3v) is 11.9. The van der Waals surface area contributed by atoms with Crippen molar-refractivity contribution < 1.29 is 0 Å². The average molecular weight is 776 g/mol. The molecule has 0 spiro atoms. The molecule has 0 saturated carbocycles. The smallest absolute Gasteiger partial charge is 0.162 e. The summed E-state index contributed by atoms with van der Waals surface area (Å²) in [6.07, 6.45) is 0. The lowest BCUT2D eigenvalue weighted by atomic mass is 9.86. The maximum Gasteiger partial charge on any atom is 0.162 e. The predicted octanol–water partition coefficient (Wildman–Crippen LogP) is 14.1. The molecule has 0 bridgehead atoms. The molecule has 7 aromatic carbocycles. The molecule has 60 heavy (non-hydrogen) atoms. The van der Waals surface area contributed by atoms with E-state index in [0.717, 1.165) is 77.7 Å². The minimum Gasteiger partial charge on any atom is -0.308 e. The van der Waals surface area contributed by atoms with E-state index in [1.54, 1.807) is 0 Å². The molecule has 0 unspecified atom stereocenters. The van der Waals surface area contributed by atoms with E-state index in [4.69, 9.17) is 9.97 Å². The third-order valence-electron chi connectivity index (χ3n) is 11.9. The second-order valence-corrected chi connectivity index (χ2v) is 17.9. The molecule has 0 aliphatic heterocycles. The van der Waals surface area contributed by atoms with Gasteiger partial charge < -0.3 is 9.13 Å². The molecule has 0 atom stereocenters. The molecule has 5 nitrogen and oxygen atoms in total. The standard InChI is InChI=1S/C55H45N5/c1-54(2,3)38-25-27-49-42(30-38)40-21-13-15-23-47(40)59(49)51-33-52(60-48-24-16-14-22-41(48)43-31-39(55(4,5)6)26-28-50(43)60)44(29-37(51)34-56)53-57-45(35-17-9-7-10-18-35)32-46(58-53)36-19-11-8-12-20-36/h7-33H,1-6H3. The van der Waals surface area contributed by atoms with Crippen LogP contribution in [0, 0.1) is 11.3 Å². The SMILES string of the molecule is CC(C)(C)c1ccc2c(c1)c1ccccc1n2-c1cc(-n2c3ccccc3c3cc(C(C)(C)C)ccc32)c(-c2nc(-c3ccccc3)cc(-c3ccccc3)n2)cc1C#N. The highest BCUT2D eigenvalue weighted by Gasteiger charge is 2.25. The molecular formula is C55H45N5. The molecule has 0 amide bonds. The first-order chi connectivity index (χ1) is 29.0. The van der Waals surface area contributed by atoms with Crippen LogP contribution in [0.2, 0.25) is 0 Å². The normalized spacial score (nSPS) is 12.2. The highest BCUT2D eigenvalue weighted by Crippen LogP contribution is 2.42. The Morgan fingerprint density at radius 3 is 1.33 bits per heavy atom. The molecule has 0 radical (unpaired) electrons. The molecule has 0 saturated heterocycles. The zero-order valence-electron chi connectivity index (χ0n) is 34.8. The number of hydrogen-bond donors (Lipinski definition) is 0. The van der Waals surface area contributed by atoms with Crippen molar-refractivity contribution in [2.75, 3.05) is 0 Å². The van der Waals surface area contributed by atoms with Crippen molar-refractivity contribution in [2.24, 2.45) is 0 Å². The van der Waals surface area contributed by atoms with Crippen LogP contribution in [0.4, 0.5) is 0 Å². The van der Waals surface area contributed by atoms with Crippen LogP contribution < -0.4 is 0 Å². The van der Waals surface area contributed by atoms with Crippen LogP contribution in [0.3, 0.4) is 0 Å². The summed E-state index contributed by atoms with van der Waals surface area (Å²) < 4.78 is 4.62. The number of benzene rings is 7. The number of nitriles is 1. The van der Waals surface area contributed by atoms with Crippen molar-refractivity contribution in [2.45, 2.75) is 52.4 Å². The van der Waals surface area contributed by atoms with E-state index < -0.39 is 0 Å². The van der Waals surface area contributed by atoms with E-state index in [1.165, 1.54) is 16.5 Å². The fraction of sp³-hybridized carbons (Fsp3) is 0.145. The quantitative estimate of drug-likeness (QED) is 0.175. The summed E-state index contributed by atoms with van der Waals surface area (Å²) in [5, 5.41) is 15.8. The minimum absolute atomic E-state index is 0.0275. The Bertz CT molecular complexity index is 3270. The van der Waals surface area contributed by atoms with E-state index in [1.807, 2.05) is 42.5 Å². The van der Waals surface area contributed by atoms with Crippen LogP contribution >= 0.6 is 0 Å². The van der Waals surface area contributed by atoms with Crippen molar-refractivity contribution >= 4 is 43.6 Å². The van der Waals surface area contributed by atoms with Gasteiger partial charge in [0.05, 0.1) is 50.4 Å². The van der Waals surface area contributed by atoms with Gasteiger partial charge in [-0.15, -0.1) is 0 Å². The van der Waals surface area contributed by atoms with Gasteiger partial charge in [0.2, 0.25) is 0 Å². The molecular weight excluding hydrogens is 731 g/mol. The van der Waals surface area contributed by atoms with E-state index >= 15 is 0 Å². The van der Waals surface area contributed by atoms with Crippen molar-refractivity contribution in [3.05, 3.63) is 180 Å². The van der Waals surface area contributed by atoms with Gasteiger partial charge in [0.25, 0.3) is 0 Å². The van der Waals surface area contributed by atoms with Crippen molar-refractivity contribution in [3.63, 3.8) is 0 Å². The van der Waals surface area contributed by atoms with E-state index in [9.17, 15) is 5.26 Å². The Hall–Kier alpha value is -7.29. The number of hydrogen-bond acceptors (Lipinski definition) is 3. The first-order valence-corrected chi connectivity index (χ1v) is 20.6. The Morgan fingerprint density at radius 2 is 0.867 bits per heavy atom. The van der Waals surface area contributed by atoms with E-state index in [-0.39, 0.29) is 10.8 Å². The van der Waals surface area contributed by atoms with E-state index in [0.29, 0.717) is 11.4 Å². The molecule has 3 heterocycles. The lowest BCUT2D eigenvalue weighted by Crippen LogP contribution is -2.10. The fourth-order valence-corrected chi connectivity index (χ4v) is 8.70. The summed E-state index contributed by atoms with van der Waals surface area (Å²) in [6.45, 7) is 13.5. The average Bonchev–Trinajstić information content (AvgIpc) is 3.78. The van der Waals surface area contributed by atoms with Gasteiger partial charge in [-0.05, 0) is 76.6 Å². The second kappa shape index (κ2) is 13.9. The highest BCUT2D eigenvalue weighted by atomic mass is 15.0. The maximum atomic E-state index is 11.2. The topological polar surface area (TPSA) is 59.4 Å². The van der Waals surface area contributed by atoms with E-state index in [2.05, 4.69) is 178 Å². The summed E-state index contributed by atoms with van der Waals surface area (Å²) in [6, 6.07) is 60.2. The Morgan fingerprint density at radius 1 is 0.433 bits per heavy atom. The summed E-state index contributed by atoms with van der Waals surface area (Å²) in [4.78, 5) is 10.7. The van der Waals surface area contributed by atoms with Crippen molar-refractivity contribution in [3.8, 4) is 51.3 Å².